The third kappa shape index (κ3) is 2.37. The molecule has 0 saturated heterocycles. The van der Waals surface area contributed by atoms with Crippen LogP contribution in [0.3, 0.4) is 0 Å². The molecule has 0 spiro atoms. The van der Waals surface area contributed by atoms with Crippen LogP contribution in [0.15, 0.2) is 48.5 Å². The fourth-order valence-electron chi connectivity index (χ4n) is 3.29. The van der Waals surface area contributed by atoms with Gasteiger partial charge < -0.3 is 0 Å². The van der Waals surface area contributed by atoms with Crippen LogP contribution in [0, 0.1) is 11.2 Å². The molecule has 0 saturated carbocycles. The van der Waals surface area contributed by atoms with Crippen molar-refractivity contribution in [3.05, 3.63) is 59.9 Å². The van der Waals surface area contributed by atoms with E-state index in [0.29, 0.717) is 0 Å². The van der Waals surface area contributed by atoms with Gasteiger partial charge in [0.2, 0.25) is 0 Å². The monoisotopic (exact) mass is 306 g/mol. The maximum Gasteiger partial charge on any atom is 0.124 e. The van der Waals surface area contributed by atoms with Gasteiger partial charge in [-0.1, -0.05) is 39.0 Å². The predicted octanol–water partition coefficient (Wildman–Crippen LogP) is 5.37. The molecule has 0 atom stereocenters. The van der Waals surface area contributed by atoms with E-state index in [2.05, 4.69) is 50.1 Å². The van der Waals surface area contributed by atoms with E-state index in [1.54, 1.807) is 12.1 Å². The van der Waals surface area contributed by atoms with E-state index in [1.807, 2.05) is 10.6 Å². The molecule has 23 heavy (non-hydrogen) atoms. The van der Waals surface area contributed by atoms with Crippen molar-refractivity contribution < 1.29 is 4.39 Å². The summed E-state index contributed by atoms with van der Waals surface area (Å²) in [5.74, 6) is -0.224. The third-order valence-electron chi connectivity index (χ3n) is 4.18. The summed E-state index contributed by atoms with van der Waals surface area (Å²) in [4.78, 5) is 0. The molecule has 0 aliphatic carbocycles. The molecule has 0 radical (unpaired) electrons. The second-order valence-corrected chi connectivity index (χ2v) is 7.38. The highest BCUT2D eigenvalue weighted by Crippen LogP contribution is 2.31. The smallest absolute Gasteiger partial charge is 0.124 e. The van der Waals surface area contributed by atoms with Crippen molar-refractivity contribution in [3.8, 4) is 0 Å². The molecule has 2 aromatic carbocycles. The molecule has 0 fully saturated rings. The Kier molecular flexibility index (Phi) is 2.95. The van der Waals surface area contributed by atoms with Gasteiger partial charge in [-0.3, -0.25) is 0 Å². The average Bonchev–Trinajstić information content (AvgIpc) is 2.84. The highest BCUT2D eigenvalue weighted by Gasteiger charge is 2.17. The number of hydrogen-bond acceptors (Lipinski definition) is 1. The summed E-state index contributed by atoms with van der Waals surface area (Å²) in [5, 5.41) is 6.75. The molecule has 0 aliphatic heterocycles. The minimum absolute atomic E-state index is 0.183. The van der Waals surface area contributed by atoms with Gasteiger partial charge in [0, 0.05) is 10.8 Å². The van der Waals surface area contributed by atoms with Gasteiger partial charge in [0.25, 0.3) is 0 Å². The first-order chi connectivity index (χ1) is 10.9. The van der Waals surface area contributed by atoms with Crippen LogP contribution < -0.4 is 0 Å². The molecule has 2 nitrogen and oxygen atoms in total. The number of rotatable bonds is 1. The Balaban J connectivity index is 2.15. The predicted molar refractivity (Wildman–Crippen MR) is 93.3 cm³/mol. The zero-order valence-electron chi connectivity index (χ0n) is 13.6. The Morgan fingerprint density at radius 1 is 0.957 bits per heavy atom. The van der Waals surface area contributed by atoms with E-state index >= 15 is 0 Å². The molecular weight excluding hydrogens is 287 g/mol. The van der Waals surface area contributed by atoms with Crippen molar-refractivity contribution >= 4 is 27.3 Å². The fraction of sp³-hybridized carbons (Fsp3) is 0.250. The Morgan fingerprint density at radius 2 is 1.74 bits per heavy atom. The molecule has 0 N–H and O–H groups in total. The summed E-state index contributed by atoms with van der Waals surface area (Å²) < 4.78 is 15.6. The lowest BCUT2D eigenvalue weighted by atomic mass is 9.86. The number of aromatic nitrogens is 2. The van der Waals surface area contributed by atoms with E-state index in [0.717, 1.165) is 28.4 Å². The first-order valence-electron chi connectivity index (χ1n) is 7.91. The zero-order chi connectivity index (χ0) is 16.2. The topological polar surface area (TPSA) is 17.3 Å². The van der Waals surface area contributed by atoms with E-state index < -0.39 is 0 Å². The summed E-state index contributed by atoms with van der Waals surface area (Å²) in [6.07, 6.45) is 0.964. The van der Waals surface area contributed by atoms with Gasteiger partial charge in [0.1, 0.15) is 5.82 Å². The maximum absolute atomic E-state index is 13.7. The summed E-state index contributed by atoms with van der Waals surface area (Å²) in [5.41, 5.74) is 4.33. The first-order valence-corrected chi connectivity index (χ1v) is 7.91. The normalized spacial score (nSPS) is 12.5. The number of halogens is 1. The van der Waals surface area contributed by atoms with Crippen LogP contribution >= 0.6 is 0 Å². The molecule has 4 aromatic rings. The number of hydrogen-bond donors (Lipinski definition) is 0. The van der Waals surface area contributed by atoms with Crippen LogP contribution in [0.1, 0.15) is 26.3 Å². The average molecular weight is 306 g/mol. The Labute approximate surface area is 134 Å². The largest absolute Gasteiger partial charge is 0.232 e. The molecule has 0 unspecified atom stereocenters. The van der Waals surface area contributed by atoms with Crippen LogP contribution in [-0.4, -0.2) is 9.61 Å². The second-order valence-electron chi connectivity index (χ2n) is 7.38. The molecule has 0 amide bonds. The van der Waals surface area contributed by atoms with Crippen LogP contribution in [-0.2, 0) is 6.42 Å². The van der Waals surface area contributed by atoms with Crippen molar-refractivity contribution in [1.82, 2.24) is 9.61 Å². The van der Waals surface area contributed by atoms with Crippen LogP contribution in [0.25, 0.3) is 27.3 Å². The van der Waals surface area contributed by atoms with Crippen molar-refractivity contribution in [3.63, 3.8) is 0 Å². The lowest BCUT2D eigenvalue weighted by Gasteiger charge is -2.20. The number of fused-ring (bicyclic) bond motifs is 5. The minimum atomic E-state index is -0.224. The van der Waals surface area contributed by atoms with E-state index in [1.165, 1.54) is 17.0 Å². The molecular formula is C20H19FN2. The van der Waals surface area contributed by atoms with Crippen LogP contribution in [0.4, 0.5) is 4.39 Å². The van der Waals surface area contributed by atoms with Gasteiger partial charge in [-0.15, -0.1) is 0 Å². The molecule has 2 aromatic heterocycles. The maximum atomic E-state index is 13.7. The number of pyridine rings is 1. The molecule has 2 heterocycles. The summed E-state index contributed by atoms with van der Waals surface area (Å²) in [6.45, 7) is 6.71. The SMILES string of the molecule is CC(C)(C)Cc1cc2c3cc(F)ccc3nn2c2ccccc12. The number of benzene rings is 2. The Bertz CT molecular complexity index is 1040. The Morgan fingerprint density at radius 3 is 2.52 bits per heavy atom. The molecule has 0 aliphatic rings. The van der Waals surface area contributed by atoms with Gasteiger partial charge in [-0.2, -0.15) is 5.10 Å². The standard InChI is InChI=1S/C20H19FN2/c1-20(2,3)12-13-10-19-16-11-14(21)8-9-17(16)22-23(19)18-7-5-4-6-15(13)18/h4-11H,12H2,1-3H3. The summed E-state index contributed by atoms with van der Waals surface area (Å²) in [7, 11) is 0. The van der Waals surface area contributed by atoms with Crippen molar-refractivity contribution in [2.45, 2.75) is 27.2 Å². The van der Waals surface area contributed by atoms with E-state index in [4.69, 9.17) is 0 Å². The van der Waals surface area contributed by atoms with Gasteiger partial charge in [-0.05, 0) is 47.7 Å². The molecule has 3 heteroatoms. The molecule has 4 rings (SSSR count). The quantitative estimate of drug-likeness (QED) is 0.462. The van der Waals surface area contributed by atoms with Crippen molar-refractivity contribution in [2.75, 3.05) is 0 Å². The first kappa shape index (κ1) is 14.2. The highest BCUT2D eigenvalue weighted by molar-refractivity contribution is 5.99. The number of nitrogens with zero attached hydrogens (tertiary/aromatic N) is 2. The van der Waals surface area contributed by atoms with Crippen molar-refractivity contribution in [2.24, 2.45) is 5.41 Å². The molecule has 0 bridgehead atoms. The van der Waals surface area contributed by atoms with Gasteiger partial charge in [0.05, 0.1) is 16.6 Å². The van der Waals surface area contributed by atoms with E-state index in [9.17, 15) is 4.39 Å². The number of para-hydroxylation sites is 1. The van der Waals surface area contributed by atoms with Crippen LogP contribution in [0.2, 0.25) is 0 Å². The summed E-state index contributed by atoms with van der Waals surface area (Å²) in [6, 6.07) is 15.3. The third-order valence-corrected chi connectivity index (χ3v) is 4.18. The zero-order valence-corrected chi connectivity index (χ0v) is 13.6. The molecule has 116 valence electrons. The van der Waals surface area contributed by atoms with Crippen molar-refractivity contribution in [1.29, 1.82) is 0 Å². The highest BCUT2D eigenvalue weighted by atomic mass is 19.1. The van der Waals surface area contributed by atoms with Crippen LogP contribution in [0.5, 0.6) is 0 Å². The van der Waals surface area contributed by atoms with E-state index in [-0.39, 0.29) is 11.2 Å². The lowest BCUT2D eigenvalue weighted by molar-refractivity contribution is 0.412. The minimum Gasteiger partial charge on any atom is -0.232 e. The Hall–Kier alpha value is -2.42. The fourth-order valence-corrected chi connectivity index (χ4v) is 3.29. The van der Waals surface area contributed by atoms with Gasteiger partial charge >= 0.3 is 0 Å². The second kappa shape index (κ2) is 4.79. The summed E-state index contributed by atoms with van der Waals surface area (Å²) >= 11 is 0. The van der Waals surface area contributed by atoms with Gasteiger partial charge in [0.15, 0.2) is 0 Å². The lowest BCUT2D eigenvalue weighted by Crippen LogP contribution is -2.10. The van der Waals surface area contributed by atoms with Gasteiger partial charge in [-0.25, -0.2) is 8.91 Å².